The van der Waals surface area contributed by atoms with Crippen LogP contribution in [0.1, 0.15) is 5.56 Å². The van der Waals surface area contributed by atoms with Crippen molar-refractivity contribution in [3.05, 3.63) is 61.3 Å². The van der Waals surface area contributed by atoms with Gasteiger partial charge in [0, 0.05) is 12.3 Å². The summed E-state index contributed by atoms with van der Waals surface area (Å²) in [5.41, 5.74) is 0.110. The molecular formula is C12H11BrN2O3. The molecule has 0 fully saturated rings. The Hall–Kier alpha value is -1.82. The number of methoxy groups -OCH3 is 1. The van der Waals surface area contributed by atoms with Gasteiger partial charge >= 0.3 is 5.69 Å². The highest BCUT2D eigenvalue weighted by molar-refractivity contribution is 9.10. The maximum atomic E-state index is 11.5. The van der Waals surface area contributed by atoms with Crippen molar-refractivity contribution in [2.75, 3.05) is 7.11 Å². The molecule has 6 heteroatoms. The van der Waals surface area contributed by atoms with Gasteiger partial charge < -0.3 is 4.74 Å². The number of hydrogen-bond donors (Lipinski definition) is 1. The first-order valence-corrected chi connectivity index (χ1v) is 6.01. The topological polar surface area (TPSA) is 64.1 Å². The van der Waals surface area contributed by atoms with Gasteiger partial charge in [-0.1, -0.05) is 6.07 Å². The predicted octanol–water partition coefficient (Wildman–Crippen LogP) is 1.36. The van der Waals surface area contributed by atoms with Crippen molar-refractivity contribution in [2.45, 2.75) is 6.54 Å². The monoisotopic (exact) mass is 310 g/mol. The first kappa shape index (κ1) is 12.6. The molecule has 1 heterocycles. The van der Waals surface area contributed by atoms with Crippen LogP contribution >= 0.6 is 15.9 Å². The molecule has 0 saturated carbocycles. The summed E-state index contributed by atoms with van der Waals surface area (Å²) in [5.74, 6) is 0.729. The summed E-state index contributed by atoms with van der Waals surface area (Å²) in [6.45, 7) is 0.387. The minimum atomic E-state index is -0.422. The lowest BCUT2D eigenvalue weighted by Gasteiger charge is -2.07. The van der Waals surface area contributed by atoms with Crippen molar-refractivity contribution in [3.8, 4) is 5.75 Å². The SMILES string of the molecule is COc1ccc(Cn2ccc(=O)[nH]c2=O)cc1Br. The van der Waals surface area contributed by atoms with E-state index in [-0.39, 0.29) is 0 Å². The molecule has 0 aliphatic heterocycles. The average Bonchev–Trinajstić information content (AvgIpc) is 2.33. The molecule has 2 aromatic rings. The molecule has 1 aromatic heterocycles. The van der Waals surface area contributed by atoms with Gasteiger partial charge in [-0.05, 0) is 33.6 Å². The fourth-order valence-corrected chi connectivity index (χ4v) is 2.16. The van der Waals surface area contributed by atoms with E-state index in [2.05, 4.69) is 20.9 Å². The number of nitrogens with one attached hydrogen (secondary N) is 1. The molecule has 0 spiro atoms. The van der Waals surface area contributed by atoms with E-state index in [9.17, 15) is 9.59 Å². The van der Waals surface area contributed by atoms with Crippen LogP contribution in [0.15, 0.2) is 44.5 Å². The molecule has 1 aromatic carbocycles. The Morgan fingerprint density at radius 3 is 2.72 bits per heavy atom. The smallest absolute Gasteiger partial charge is 0.328 e. The lowest BCUT2D eigenvalue weighted by atomic mass is 10.2. The highest BCUT2D eigenvalue weighted by Gasteiger charge is 2.03. The predicted molar refractivity (Wildman–Crippen MR) is 71.1 cm³/mol. The molecule has 0 aliphatic rings. The van der Waals surface area contributed by atoms with Crippen LogP contribution in [0, 0.1) is 0 Å². The average molecular weight is 311 g/mol. The van der Waals surface area contributed by atoms with Crippen molar-refractivity contribution >= 4 is 15.9 Å². The van der Waals surface area contributed by atoms with E-state index in [1.807, 2.05) is 18.2 Å². The van der Waals surface area contributed by atoms with E-state index < -0.39 is 11.2 Å². The summed E-state index contributed by atoms with van der Waals surface area (Å²) in [4.78, 5) is 24.7. The van der Waals surface area contributed by atoms with Crippen LogP contribution in [-0.2, 0) is 6.54 Å². The summed E-state index contributed by atoms with van der Waals surface area (Å²) in [5, 5.41) is 0. The molecule has 1 N–H and O–H groups in total. The summed E-state index contributed by atoms with van der Waals surface area (Å²) in [6, 6.07) is 6.87. The lowest BCUT2D eigenvalue weighted by Crippen LogP contribution is -2.28. The Morgan fingerprint density at radius 2 is 2.11 bits per heavy atom. The number of benzene rings is 1. The van der Waals surface area contributed by atoms with Gasteiger partial charge in [0.2, 0.25) is 0 Å². The number of H-pyrrole nitrogens is 1. The summed E-state index contributed by atoms with van der Waals surface area (Å²) in [7, 11) is 1.59. The van der Waals surface area contributed by atoms with Crippen LogP contribution in [0.4, 0.5) is 0 Å². The second kappa shape index (κ2) is 5.22. The fourth-order valence-electron chi connectivity index (χ4n) is 1.57. The Balaban J connectivity index is 2.31. The lowest BCUT2D eigenvalue weighted by molar-refractivity contribution is 0.412. The van der Waals surface area contributed by atoms with Gasteiger partial charge in [0.1, 0.15) is 5.75 Å². The molecule has 0 radical (unpaired) electrons. The zero-order chi connectivity index (χ0) is 13.1. The largest absolute Gasteiger partial charge is 0.496 e. The molecule has 0 saturated heterocycles. The third kappa shape index (κ3) is 2.70. The van der Waals surface area contributed by atoms with Crippen molar-refractivity contribution in [1.82, 2.24) is 9.55 Å². The maximum Gasteiger partial charge on any atom is 0.328 e. The van der Waals surface area contributed by atoms with Crippen LogP contribution in [0.3, 0.4) is 0 Å². The number of ether oxygens (including phenoxy) is 1. The number of aromatic nitrogens is 2. The van der Waals surface area contributed by atoms with Crippen molar-refractivity contribution in [3.63, 3.8) is 0 Å². The minimum Gasteiger partial charge on any atom is -0.496 e. The second-order valence-electron chi connectivity index (χ2n) is 3.71. The maximum absolute atomic E-state index is 11.5. The highest BCUT2D eigenvalue weighted by Crippen LogP contribution is 2.25. The number of aromatic amines is 1. The van der Waals surface area contributed by atoms with Crippen molar-refractivity contribution < 1.29 is 4.74 Å². The van der Waals surface area contributed by atoms with Gasteiger partial charge in [0.15, 0.2) is 0 Å². The molecule has 0 aliphatic carbocycles. The number of hydrogen-bond acceptors (Lipinski definition) is 3. The van der Waals surface area contributed by atoms with Crippen LogP contribution in [0.5, 0.6) is 5.75 Å². The molecule has 0 unspecified atom stereocenters. The number of nitrogens with zero attached hydrogens (tertiary/aromatic N) is 1. The third-order valence-electron chi connectivity index (χ3n) is 2.47. The van der Waals surface area contributed by atoms with Crippen molar-refractivity contribution in [2.24, 2.45) is 0 Å². The Morgan fingerprint density at radius 1 is 1.33 bits per heavy atom. The first-order chi connectivity index (χ1) is 8.60. The number of rotatable bonds is 3. The molecule has 0 bridgehead atoms. The van der Waals surface area contributed by atoms with Gasteiger partial charge in [-0.3, -0.25) is 14.3 Å². The van der Waals surface area contributed by atoms with E-state index >= 15 is 0 Å². The van der Waals surface area contributed by atoms with E-state index in [1.165, 1.54) is 16.8 Å². The van der Waals surface area contributed by atoms with Crippen LogP contribution < -0.4 is 16.0 Å². The molecule has 18 heavy (non-hydrogen) atoms. The molecule has 0 amide bonds. The zero-order valence-corrected chi connectivity index (χ0v) is 11.2. The van der Waals surface area contributed by atoms with Gasteiger partial charge in [-0.25, -0.2) is 4.79 Å². The minimum absolute atomic E-state index is 0.387. The van der Waals surface area contributed by atoms with Gasteiger partial charge in [0.25, 0.3) is 5.56 Å². The third-order valence-corrected chi connectivity index (χ3v) is 3.09. The second-order valence-corrected chi connectivity index (χ2v) is 4.56. The van der Waals surface area contributed by atoms with E-state index in [4.69, 9.17) is 4.74 Å². The molecular weight excluding hydrogens is 300 g/mol. The standard InChI is InChI=1S/C12H11BrN2O3/c1-18-10-3-2-8(6-9(10)13)7-15-5-4-11(16)14-12(15)17/h2-6H,7H2,1H3,(H,14,16,17). The Bertz CT molecular complexity index is 676. The molecule has 0 atom stereocenters. The number of halogens is 1. The quantitative estimate of drug-likeness (QED) is 0.931. The van der Waals surface area contributed by atoms with Crippen molar-refractivity contribution in [1.29, 1.82) is 0 Å². The summed E-state index contributed by atoms with van der Waals surface area (Å²) >= 11 is 3.38. The van der Waals surface area contributed by atoms with Gasteiger partial charge in [-0.15, -0.1) is 0 Å². The normalized spacial score (nSPS) is 10.3. The van der Waals surface area contributed by atoms with E-state index in [1.54, 1.807) is 7.11 Å². The van der Waals surface area contributed by atoms with Gasteiger partial charge in [-0.2, -0.15) is 0 Å². The fraction of sp³-hybridized carbons (Fsp3) is 0.167. The van der Waals surface area contributed by atoms with Crippen LogP contribution in [0.25, 0.3) is 0 Å². The Kier molecular flexibility index (Phi) is 3.66. The summed E-state index contributed by atoms with van der Waals surface area (Å²) < 4.78 is 7.37. The van der Waals surface area contributed by atoms with Crippen LogP contribution in [0.2, 0.25) is 0 Å². The van der Waals surface area contributed by atoms with E-state index in [0.717, 1.165) is 15.8 Å². The zero-order valence-electron chi connectivity index (χ0n) is 9.64. The molecule has 5 nitrogen and oxygen atoms in total. The Labute approximate surface area is 111 Å². The van der Waals surface area contributed by atoms with Gasteiger partial charge in [0.05, 0.1) is 18.1 Å². The van der Waals surface area contributed by atoms with E-state index in [0.29, 0.717) is 6.54 Å². The molecule has 94 valence electrons. The molecule has 2 rings (SSSR count). The summed E-state index contributed by atoms with van der Waals surface area (Å²) in [6.07, 6.45) is 1.47. The highest BCUT2D eigenvalue weighted by atomic mass is 79.9. The van der Waals surface area contributed by atoms with Crippen LogP contribution in [-0.4, -0.2) is 16.7 Å². The first-order valence-electron chi connectivity index (χ1n) is 5.22.